The van der Waals surface area contributed by atoms with Gasteiger partial charge in [-0.15, -0.1) is 0 Å². The number of nitrogens with zero attached hydrogens (tertiary/aromatic N) is 1. The molecule has 1 aromatic heterocycles. The van der Waals surface area contributed by atoms with Crippen LogP contribution in [0.15, 0.2) is 52.1 Å². The summed E-state index contributed by atoms with van der Waals surface area (Å²) in [7, 11) is -5.41. The van der Waals surface area contributed by atoms with Gasteiger partial charge < -0.3 is 14.3 Å². The van der Waals surface area contributed by atoms with E-state index in [1.54, 1.807) is 24.3 Å². The number of oxazole rings is 1. The van der Waals surface area contributed by atoms with Crippen LogP contribution in [0.3, 0.4) is 0 Å². The monoisotopic (exact) mass is 523 g/mol. The van der Waals surface area contributed by atoms with Gasteiger partial charge in [0, 0.05) is 29.2 Å². The molecule has 33 heavy (non-hydrogen) atoms. The molecule has 1 amide bonds. The van der Waals surface area contributed by atoms with Crippen LogP contribution in [0.1, 0.15) is 22.3 Å². The van der Waals surface area contributed by atoms with Gasteiger partial charge in [-0.1, -0.05) is 23.7 Å². The minimum absolute atomic E-state index is 0.00513. The number of benzene rings is 2. The first-order chi connectivity index (χ1) is 15.5. The van der Waals surface area contributed by atoms with E-state index >= 15 is 0 Å². The zero-order chi connectivity index (χ0) is 24.2. The molecule has 3 aromatic rings. The maximum Gasteiger partial charge on any atom is 0.511 e. The number of alkyl halides is 3. The van der Waals surface area contributed by atoms with Crippen molar-refractivity contribution in [3.8, 4) is 0 Å². The van der Waals surface area contributed by atoms with E-state index in [0.717, 1.165) is 5.56 Å². The van der Waals surface area contributed by atoms with E-state index in [-0.39, 0.29) is 29.5 Å². The lowest BCUT2D eigenvalue weighted by Crippen LogP contribution is -2.38. The van der Waals surface area contributed by atoms with E-state index < -0.39 is 39.2 Å². The molecule has 2 aromatic carbocycles. The molecule has 178 valence electrons. The van der Waals surface area contributed by atoms with Crippen molar-refractivity contribution in [2.45, 2.75) is 22.9 Å². The SMILES string of the molecule is O=C(NCCCNS(=O)(=O)C(F)(F)F)c1ccc2oc([S+]([O-])Cc3ccc(Cl)cc3)nc2c1. The molecule has 0 aliphatic carbocycles. The van der Waals surface area contributed by atoms with Crippen LogP contribution in [0.5, 0.6) is 0 Å². The summed E-state index contributed by atoms with van der Waals surface area (Å²) < 4.78 is 78.0. The van der Waals surface area contributed by atoms with Crippen molar-refractivity contribution in [2.75, 3.05) is 13.1 Å². The fraction of sp³-hybridized carbons (Fsp3) is 0.263. The maximum atomic E-state index is 12.5. The molecule has 0 aliphatic rings. The Morgan fingerprint density at radius 2 is 1.85 bits per heavy atom. The fourth-order valence-corrected chi connectivity index (χ4v) is 4.32. The molecule has 3 rings (SSSR count). The van der Waals surface area contributed by atoms with Crippen LogP contribution >= 0.6 is 11.6 Å². The molecule has 0 saturated heterocycles. The van der Waals surface area contributed by atoms with Crippen LogP contribution in [0.2, 0.25) is 5.02 Å². The minimum atomic E-state index is -5.41. The molecule has 0 spiro atoms. The molecule has 1 atom stereocenters. The molecule has 1 heterocycles. The number of carbonyl (C=O) groups excluding carboxylic acids is 1. The molecule has 1 unspecified atom stereocenters. The van der Waals surface area contributed by atoms with Crippen molar-refractivity contribution >= 4 is 49.8 Å². The number of aromatic nitrogens is 1. The molecule has 0 saturated carbocycles. The van der Waals surface area contributed by atoms with Crippen molar-refractivity contribution in [1.82, 2.24) is 15.0 Å². The summed E-state index contributed by atoms with van der Waals surface area (Å²) in [6.45, 7) is -0.556. The summed E-state index contributed by atoms with van der Waals surface area (Å²) in [6, 6.07) is 11.2. The van der Waals surface area contributed by atoms with Crippen molar-refractivity contribution < 1.29 is 35.4 Å². The van der Waals surface area contributed by atoms with Gasteiger partial charge in [0.15, 0.2) is 5.58 Å². The number of sulfonamides is 1. The number of carbonyl (C=O) groups is 1. The highest BCUT2D eigenvalue weighted by Crippen LogP contribution is 2.24. The fourth-order valence-electron chi connectivity index (χ4n) is 2.62. The standard InChI is InChI=1S/C19H17ClF3N3O5S2/c20-14-5-2-12(3-6-14)11-32(28)18-26-15-10-13(4-7-16(15)31-18)17(27)24-8-1-9-25-33(29,30)19(21,22)23/h2-7,10,25H,1,8-9,11H2,(H,24,27). The lowest BCUT2D eigenvalue weighted by Gasteiger charge is -2.09. The summed E-state index contributed by atoms with van der Waals surface area (Å²) >= 11 is 4.26. The van der Waals surface area contributed by atoms with Crippen LogP contribution in [-0.4, -0.2) is 42.5 Å². The average Bonchev–Trinajstić information content (AvgIpc) is 3.17. The highest BCUT2D eigenvalue weighted by Gasteiger charge is 2.45. The predicted octanol–water partition coefficient (Wildman–Crippen LogP) is 3.35. The average molecular weight is 524 g/mol. The molecule has 0 bridgehead atoms. The molecule has 14 heteroatoms. The van der Waals surface area contributed by atoms with Gasteiger partial charge in [-0.25, -0.2) is 13.1 Å². The Morgan fingerprint density at radius 1 is 1.15 bits per heavy atom. The Bertz CT molecular complexity index is 1230. The van der Waals surface area contributed by atoms with Crippen LogP contribution in [0.4, 0.5) is 13.2 Å². The highest BCUT2D eigenvalue weighted by atomic mass is 35.5. The van der Waals surface area contributed by atoms with Crippen molar-refractivity contribution in [3.05, 3.63) is 58.6 Å². The van der Waals surface area contributed by atoms with E-state index in [0.29, 0.717) is 16.1 Å². The first kappa shape index (κ1) is 25.3. The Kier molecular flexibility index (Phi) is 7.90. The zero-order valence-corrected chi connectivity index (χ0v) is 19.1. The number of hydrogen-bond donors (Lipinski definition) is 2. The molecule has 0 radical (unpaired) electrons. The molecule has 8 nitrogen and oxygen atoms in total. The Balaban J connectivity index is 1.56. The summed E-state index contributed by atoms with van der Waals surface area (Å²) in [5, 5.41) is 3.02. The van der Waals surface area contributed by atoms with E-state index in [2.05, 4.69) is 10.3 Å². The van der Waals surface area contributed by atoms with Gasteiger partial charge in [-0.05, 0) is 36.8 Å². The third kappa shape index (κ3) is 6.60. The predicted molar refractivity (Wildman–Crippen MR) is 116 cm³/mol. The summed E-state index contributed by atoms with van der Waals surface area (Å²) in [5.41, 5.74) is -3.78. The maximum absolute atomic E-state index is 12.5. The van der Waals surface area contributed by atoms with Crippen molar-refractivity contribution in [1.29, 1.82) is 0 Å². The first-order valence-corrected chi connectivity index (χ1v) is 12.5. The normalized spacial score (nSPS) is 13.2. The molecular weight excluding hydrogens is 507 g/mol. The van der Waals surface area contributed by atoms with E-state index in [9.17, 15) is 30.9 Å². The van der Waals surface area contributed by atoms with Crippen LogP contribution in [0, 0.1) is 0 Å². The summed E-state index contributed by atoms with van der Waals surface area (Å²) in [6.07, 6.45) is -0.0545. The molecule has 0 aliphatic heterocycles. The van der Waals surface area contributed by atoms with Gasteiger partial charge >= 0.3 is 20.8 Å². The summed E-state index contributed by atoms with van der Waals surface area (Å²) in [5.74, 6) is -0.377. The second kappa shape index (κ2) is 10.3. The van der Waals surface area contributed by atoms with Gasteiger partial charge in [0.2, 0.25) is 0 Å². The molecule has 2 N–H and O–H groups in total. The van der Waals surface area contributed by atoms with E-state index in [1.165, 1.54) is 22.9 Å². The van der Waals surface area contributed by atoms with Crippen LogP contribution in [0.25, 0.3) is 11.1 Å². The van der Waals surface area contributed by atoms with Gasteiger partial charge in [0.1, 0.15) is 11.3 Å². The first-order valence-electron chi connectivity index (χ1n) is 9.34. The lowest BCUT2D eigenvalue weighted by atomic mass is 10.2. The number of nitrogens with one attached hydrogen (secondary N) is 2. The van der Waals surface area contributed by atoms with Gasteiger partial charge in [-0.3, -0.25) is 4.79 Å². The smallest absolute Gasteiger partial charge is 0.511 e. The molecule has 0 fully saturated rings. The third-order valence-electron chi connectivity index (χ3n) is 4.27. The quantitative estimate of drug-likeness (QED) is 0.327. The Morgan fingerprint density at radius 3 is 2.52 bits per heavy atom. The number of fused-ring (bicyclic) bond motifs is 1. The largest absolute Gasteiger partial charge is 0.607 e. The summed E-state index contributed by atoms with van der Waals surface area (Å²) in [4.78, 5) is 16.4. The van der Waals surface area contributed by atoms with Crippen molar-refractivity contribution in [3.63, 3.8) is 0 Å². The third-order valence-corrected chi connectivity index (χ3v) is 6.88. The number of rotatable bonds is 9. The van der Waals surface area contributed by atoms with E-state index in [4.69, 9.17) is 16.0 Å². The second-order valence-electron chi connectivity index (χ2n) is 6.73. The van der Waals surface area contributed by atoms with Crippen LogP contribution in [-0.2, 0) is 27.0 Å². The zero-order valence-electron chi connectivity index (χ0n) is 16.7. The van der Waals surface area contributed by atoms with Gasteiger partial charge in [0.05, 0.1) is 11.2 Å². The Hall–Kier alpha value is -2.32. The van der Waals surface area contributed by atoms with E-state index in [1.807, 2.05) is 0 Å². The Labute approximate surface area is 194 Å². The van der Waals surface area contributed by atoms with Gasteiger partial charge in [0.25, 0.3) is 5.91 Å². The number of amides is 1. The molecular formula is C19H17ClF3N3O5S2. The topological polar surface area (TPSA) is 124 Å². The van der Waals surface area contributed by atoms with Crippen molar-refractivity contribution in [2.24, 2.45) is 0 Å². The highest BCUT2D eigenvalue weighted by molar-refractivity contribution is 7.90. The second-order valence-corrected chi connectivity index (χ2v) is 10.3. The number of halogens is 4. The number of hydrogen-bond acceptors (Lipinski definition) is 6. The minimum Gasteiger partial charge on any atom is -0.607 e. The van der Waals surface area contributed by atoms with Gasteiger partial charge in [-0.2, -0.15) is 18.2 Å². The van der Waals surface area contributed by atoms with Crippen LogP contribution < -0.4 is 10.0 Å². The lowest BCUT2D eigenvalue weighted by molar-refractivity contribution is -0.0447.